The van der Waals surface area contributed by atoms with Crippen LogP contribution in [0.25, 0.3) is 16.8 Å². The summed E-state index contributed by atoms with van der Waals surface area (Å²) < 4.78 is 10.9. The molecule has 0 bridgehead atoms. The molecule has 1 atom stereocenters. The Morgan fingerprint density at radius 1 is 1.08 bits per heavy atom. The van der Waals surface area contributed by atoms with Gasteiger partial charge in [-0.15, -0.1) is 0 Å². The molecule has 1 aromatic heterocycles. The maximum absolute atomic E-state index is 13.5. The van der Waals surface area contributed by atoms with Crippen molar-refractivity contribution in [1.82, 2.24) is 9.97 Å². The van der Waals surface area contributed by atoms with Gasteiger partial charge in [0.1, 0.15) is 17.3 Å². The molecular weight excluding hydrogens is 520 g/mol. The van der Waals surface area contributed by atoms with Crippen molar-refractivity contribution in [3.8, 4) is 11.5 Å². The maximum atomic E-state index is 13.5. The second kappa shape index (κ2) is 10.3. The first-order valence-corrected chi connectivity index (χ1v) is 12.7. The second-order valence-electron chi connectivity index (χ2n) is 9.17. The summed E-state index contributed by atoms with van der Waals surface area (Å²) in [6, 6.07) is 16.5. The van der Waals surface area contributed by atoms with E-state index in [0.717, 1.165) is 5.69 Å². The Kier molecular flexibility index (Phi) is 6.93. The Labute approximate surface area is 230 Å². The average Bonchev–Trinajstić information content (AvgIpc) is 3.47. The molecule has 1 fully saturated rings. The van der Waals surface area contributed by atoms with Crippen molar-refractivity contribution < 1.29 is 24.2 Å². The molecule has 1 aliphatic heterocycles. The lowest BCUT2D eigenvalue weighted by atomic mass is 9.95. The summed E-state index contributed by atoms with van der Waals surface area (Å²) in [5.74, 6) is -0.848. The summed E-state index contributed by atoms with van der Waals surface area (Å²) >= 11 is 6.44. The van der Waals surface area contributed by atoms with Crippen molar-refractivity contribution in [3.63, 3.8) is 0 Å². The minimum absolute atomic E-state index is 0.105. The Morgan fingerprint density at radius 2 is 1.79 bits per heavy atom. The number of Topliss-reactive ketones (excluding diaryl/α,β-unsaturated/α-hetero) is 1. The maximum Gasteiger partial charge on any atom is 0.302 e. The van der Waals surface area contributed by atoms with Gasteiger partial charge in [-0.2, -0.15) is 0 Å². The number of ether oxygens (including phenoxy) is 2. The first kappa shape index (κ1) is 26.1. The van der Waals surface area contributed by atoms with Gasteiger partial charge in [-0.05, 0) is 55.0 Å². The Morgan fingerprint density at radius 3 is 2.46 bits per heavy atom. The van der Waals surface area contributed by atoms with Crippen LogP contribution in [0.15, 0.2) is 66.2 Å². The van der Waals surface area contributed by atoms with E-state index in [9.17, 15) is 14.7 Å². The van der Waals surface area contributed by atoms with Gasteiger partial charge in [-0.1, -0.05) is 23.7 Å². The molecule has 4 aromatic rings. The molecule has 200 valence electrons. The van der Waals surface area contributed by atoms with E-state index in [1.807, 2.05) is 50.2 Å². The van der Waals surface area contributed by atoms with Crippen molar-refractivity contribution >= 4 is 51.7 Å². The van der Waals surface area contributed by atoms with Gasteiger partial charge < -0.3 is 24.5 Å². The topological polar surface area (TPSA) is 108 Å². The Balaban J connectivity index is 1.72. The quantitative estimate of drug-likeness (QED) is 0.183. The molecule has 1 amide bonds. The van der Waals surface area contributed by atoms with E-state index >= 15 is 0 Å². The van der Waals surface area contributed by atoms with Crippen LogP contribution in [-0.4, -0.2) is 54.6 Å². The predicted molar refractivity (Wildman–Crippen MR) is 151 cm³/mol. The molecule has 9 nitrogen and oxygen atoms in total. The van der Waals surface area contributed by atoms with Crippen LogP contribution < -0.4 is 19.3 Å². The van der Waals surface area contributed by atoms with E-state index in [2.05, 4.69) is 9.97 Å². The zero-order chi connectivity index (χ0) is 27.8. The molecule has 0 aliphatic carbocycles. The average molecular weight is 547 g/mol. The van der Waals surface area contributed by atoms with Gasteiger partial charge in [0.25, 0.3) is 5.78 Å². The summed E-state index contributed by atoms with van der Waals surface area (Å²) in [5, 5.41) is 11.7. The van der Waals surface area contributed by atoms with Crippen molar-refractivity contribution in [1.29, 1.82) is 0 Å². The van der Waals surface area contributed by atoms with Crippen LogP contribution in [0.2, 0.25) is 5.02 Å². The fourth-order valence-corrected chi connectivity index (χ4v) is 4.83. The summed E-state index contributed by atoms with van der Waals surface area (Å²) in [6.07, 6.45) is 0. The zero-order valence-corrected chi connectivity index (χ0v) is 22.6. The number of ketones is 1. The highest BCUT2D eigenvalue weighted by molar-refractivity contribution is 6.51. The van der Waals surface area contributed by atoms with Crippen LogP contribution in [0.1, 0.15) is 24.1 Å². The molecule has 10 heteroatoms. The lowest BCUT2D eigenvalue weighted by Gasteiger charge is -2.24. The largest absolute Gasteiger partial charge is 0.507 e. The van der Waals surface area contributed by atoms with E-state index in [4.69, 9.17) is 21.1 Å². The molecule has 0 saturated carbocycles. The van der Waals surface area contributed by atoms with Crippen LogP contribution >= 0.6 is 11.6 Å². The number of aromatic amines is 1. The van der Waals surface area contributed by atoms with Gasteiger partial charge in [0.05, 0.1) is 41.4 Å². The van der Waals surface area contributed by atoms with E-state index in [1.165, 1.54) is 4.90 Å². The smallest absolute Gasteiger partial charge is 0.302 e. The summed E-state index contributed by atoms with van der Waals surface area (Å²) in [4.78, 5) is 38.0. The Bertz CT molecular complexity index is 1610. The molecule has 5 rings (SSSR count). The number of anilines is 2. The monoisotopic (exact) mass is 546 g/mol. The number of fused-ring (bicyclic) bond motifs is 1. The summed E-state index contributed by atoms with van der Waals surface area (Å²) in [6.45, 7) is 2.24. The Hall–Kier alpha value is -4.50. The molecule has 0 spiro atoms. The number of halogens is 1. The van der Waals surface area contributed by atoms with Gasteiger partial charge in [0.15, 0.2) is 0 Å². The number of methoxy groups -OCH3 is 1. The lowest BCUT2D eigenvalue weighted by molar-refractivity contribution is -0.132. The van der Waals surface area contributed by atoms with Crippen LogP contribution in [-0.2, 0) is 9.59 Å². The molecule has 1 saturated heterocycles. The fourth-order valence-electron chi connectivity index (χ4n) is 4.62. The fraction of sp³-hybridized carbons (Fsp3) is 0.207. The molecule has 2 heterocycles. The van der Waals surface area contributed by atoms with E-state index < -0.39 is 23.5 Å². The number of aliphatic hydroxyl groups is 1. The lowest BCUT2D eigenvalue weighted by Crippen LogP contribution is -2.30. The highest BCUT2D eigenvalue weighted by Crippen LogP contribution is 2.43. The van der Waals surface area contributed by atoms with Gasteiger partial charge >= 0.3 is 5.91 Å². The van der Waals surface area contributed by atoms with E-state index in [-0.39, 0.29) is 22.1 Å². The van der Waals surface area contributed by atoms with Crippen molar-refractivity contribution in [3.05, 3.63) is 82.4 Å². The standard InChI is InChI=1S/C29H27ClN4O5/c1-5-39-19-10-12-21(30)20(14-19)26(35)24-25(16-6-8-17(9-7-16)33(2)3)34(28(37)27(24)36)29-31-22-13-11-18(38-4)15-23(22)32-29/h6-15,25,35H,5H2,1-4H3,(H,31,32)/b26-24+. The minimum atomic E-state index is -0.976. The number of hydrogen-bond acceptors (Lipinski definition) is 7. The number of carbonyl (C=O) groups is 2. The molecule has 1 aliphatic rings. The van der Waals surface area contributed by atoms with E-state index in [0.29, 0.717) is 34.7 Å². The first-order valence-electron chi connectivity index (χ1n) is 12.3. The number of carbonyl (C=O) groups excluding carboxylic acids is 2. The van der Waals surface area contributed by atoms with Crippen molar-refractivity contribution in [2.75, 3.05) is 37.6 Å². The van der Waals surface area contributed by atoms with Gasteiger partial charge in [0.2, 0.25) is 5.95 Å². The third kappa shape index (κ3) is 4.66. The SMILES string of the molecule is CCOc1ccc(Cl)c(/C(O)=C2\C(=O)C(=O)N(c3nc4ccc(OC)cc4[nH]3)C2c2ccc(N(C)C)cc2)c1. The number of aromatic nitrogens is 2. The number of rotatable bonds is 7. The number of H-pyrrole nitrogens is 1. The number of nitrogens with one attached hydrogen (secondary N) is 1. The van der Waals surface area contributed by atoms with E-state index in [1.54, 1.807) is 43.5 Å². The van der Waals surface area contributed by atoms with Gasteiger partial charge in [-0.3, -0.25) is 14.5 Å². The first-order chi connectivity index (χ1) is 18.7. The second-order valence-corrected chi connectivity index (χ2v) is 9.58. The number of imidazole rings is 1. The van der Waals surface area contributed by atoms with Crippen LogP contribution in [0, 0.1) is 0 Å². The van der Waals surface area contributed by atoms with Gasteiger partial charge in [0, 0.05) is 31.4 Å². The zero-order valence-electron chi connectivity index (χ0n) is 21.9. The molecular formula is C29H27ClN4O5. The number of nitrogens with zero attached hydrogens (tertiary/aromatic N) is 3. The molecule has 2 N–H and O–H groups in total. The minimum Gasteiger partial charge on any atom is -0.507 e. The molecule has 39 heavy (non-hydrogen) atoms. The van der Waals surface area contributed by atoms with Crippen LogP contribution in [0.3, 0.4) is 0 Å². The normalized spacial score (nSPS) is 16.6. The van der Waals surface area contributed by atoms with Crippen molar-refractivity contribution in [2.24, 2.45) is 0 Å². The molecule has 3 aromatic carbocycles. The summed E-state index contributed by atoms with van der Waals surface area (Å²) in [7, 11) is 5.38. The highest BCUT2D eigenvalue weighted by atomic mass is 35.5. The van der Waals surface area contributed by atoms with Crippen molar-refractivity contribution in [2.45, 2.75) is 13.0 Å². The number of hydrogen-bond donors (Lipinski definition) is 2. The third-order valence-corrected chi connectivity index (χ3v) is 6.91. The van der Waals surface area contributed by atoms with Crippen LogP contribution in [0.5, 0.6) is 11.5 Å². The third-order valence-electron chi connectivity index (χ3n) is 6.58. The van der Waals surface area contributed by atoms with Gasteiger partial charge in [-0.25, -0.2) is 4.98 Å². The molecule has 1 unspecified atom stereocenters. The number of benzene rings is 3. The summed E-state index contributed by atoms with van der Waals surface area (Å²) in [5.41, 5.74) is 2.83. The predicted octanol–water partition coefficient (Wildman–Crippen LogP) is 5.32. The molecule has 0 radical (unpaired) electrons. The van der Waals surface area contributed by atoms with Crippen LogP contribution in [0.4, 0.5) is 11.6 Å². The number of amides is 1. The highest BCUT2D eigenvalue weighted by Gasteiger charge is 2.48. The number of aliphatic hydroxyl groups excluding tert-OH is 1.